The molecule has 1 atom stereocenters. The topological polar surface area (TPSA) is 80.5 Å². The van der Waals surface area contributed by atoms with Gasteiger partial charge in [0.05, 0.1) is 17.5 Å². The second kappa shape index (κ2) is 5.54. The van der Waals surface area contributed by atoms with E-state index in [1.165, 1.54) is 0 Å². The largest absolute Gasteiger partial charge is 0.377 e. The van der Waals surface area contributed by atoms with Gasteiger partial charge in [-0.2, -0.15) is 0 Å². The Morgan fingerprint density at radius 2 is 2.37 bits per heavy atom. The van der Waals surface area contributed by atoms with Gasteiger partial charge in [-0.05, 0) is 31.9 Å². The number of likely N-dealkylation sites (tertiary alicyclic amines) is 1. The number of nitrogens with one attached hydrogen (secondary N) is 1. The van der Waals surface area contributed by atoms with Crippen molar-refractivity contribution < 1.29 is 9.53 Å². The molecule has 1 aromatic heterocycles. The second-order valence-electron chi connectivity index (χ2n) is 5.06. The number of hydrogen-bond acceptors (Lipinski definition) is 5. The van der Waals surface area contributed by atoms with Crippen molar-refractivity contribution in [3.63, 3.8) is 0 Å². The zero-order chi connectivity index (χ0) is 13.9. The molecule has 0 aliphatic carbocycles. The molecule has 1 aromatic rings. The zero-order valence-electron chi connectivity index (χ0n) is 11.3. The number of aromatic nitrogens is 1. The first-order valence-corrected chi connectivity index (χ1v) is 6.35. The summed E-state index contributed by atoms with van der Waals surface area (Å²) in [5, 5.41) is 0. The van der Waals surface area contributed by atoms with Gasteiger partial charge in [0.1, 0.15) is 5.69 Å². The van der Waals surface area contributed by atoms with E-state index in [0.717, 1.165) is 19.4 Å². The highest BCUT2D eigenvalue weighted by Gasteiger charge is 2.33. The van der Waals surface area contributed by atoms with E-state index in [1.54, 1.807) is 30.3 Å². The van der Waals surface area contributed by atoms with E-state index in [2.05, 4.69) is 10.4 Å². The van der Waals surface area contributed by atoms with E-state index in [-0.39, 0.29) is 11.5 Å². The highest BCUT2D eigenvalue weighted by atomic mass is 16.5. The van der Waals surface area contributed by atoms with E-state index in [4.69, 9.17) is 10.6 Å². The van der Waals surface area contributed by atoms with Crippen molar-refractivity contribution in [1.82, 2.24) is 9.88 Å². The van der Waals surface area contributed by atoms with Crippen molar-refractivity contribution in [2.45, 2.75) is 25.4 Å². The first-order valence-electron chi connectivity index (χ1n) is 6.35. The van der Waals surface area contributed by atoms with Crippen LogP contribution in [0.5, 0.6) is 0 Å². The lowest BCUT2D eigenvalue weighted by atomic mass is 9.94. The van der Waals surface area contributed by atoms with Gasteiger partial charge in [0.2, 0.25) is 0 Å². The van der Waals surface area contributed by atoms with Crippen LogP contribution in [0.4, 0.5) is 5.69 Å². The number of piperidine rings is 1. The molecule has 1 fully saturated rings. The number of methoxy groups -OCH3 is 1. The summed E-state index contributed by atoms with van der Waals surface area (Å²) in [7, 11) is 1.69. The van der Waals surface area contributed by atoms with Gasteiger partial charge in [-0.3, -0.25) is 10.6 Å². The molecule has 3 N–H and O–H groups in total. The second-order valence-corrected chi connectivity index (χ2v) is 5.06. The predicted molar refractivity (Wildman–Crippen MR) is 72.6 cm³/mol. The standard InChI is InChI=1S/C13H20N4O2/c1-13(19-2)6-3-7-17(9-13)12(18)11-5-4-10(16-14)8-15-11/h4-5,8,16H,3,6-7,9,14H2,1-2H3. The van der Waals surface area contributed by atoms with Gasteiger partial charge in [-0.15, -0.1) is 0 Å². The number of carbonyl (C=O) groups excluding carboxylic acids is 1. The lowest BCUT2D eigenvalue weighted by Gasteiger charge is -2.39. The smallest absolute Gasteiger partial charge is 0.272 e. The molecule has 1 saturated heterocycles. The first-order chi connectivity index (χ1) is 9.08. The number of pyridine rings is 1. The molecule has 2 rings (SSSR count). The van der Waals surface area contributed by atoms with Crippen LogP contribution < -0.4 is 11.3 Å². The lowest BCUT2D eigenvalue weighted by Crippen LogP contribution is -2.49. The first kappa shape index (κ1) is 13.8. The molecule has 6 heteroatoms. The molecular formula is C13H20N4O2. The molecule has 1 aliphatic rings. The van der Waals surface area contributed by atoms with E-state index in [0.29, 0.717) is 17.9 Å². The molecule has 2 heterocycles. The molecule has 0 bridgehead atoms. The lowest BCUT2D eigenvalue weighted by molar-refractivity contribution is -0.0441. The Labute approximate surface area is 112 Å². The molecule has 0 radical (unpaired) electrons. The molecule has 1 amide bonds. The summed E-state index contributed by atoms with van der Waals surface area (Å²) in [5.74, 6) is 5.21. The third-order valence-corrected chi connectivity index (χ3v) is 3.59. The maximum atomic E-state index is 12.4. The fourth-order valence-electron chi connectivity index (χ4n) is 2.31. The number of amides is 1. The third-order valence-electron chi connectivity index (χ3n) is 3.59. The summed E-state index contributed by atoms with van der Waals surface area (Å²) in [6, 6.07) is 3.41. The van der Waals surface area contributed by atoms with Crippen LogP contribution in [0.25, 0.3) is 0 Å². The predicted octanol–water partition coefficient (Wildman–Crippen LogP) is 1.01. The SMILES string of the molecule is COC1(C)CCCN(C(=O)c2ccc(NN)cn2)C1. The summed E-state index contributed by atoms with van der Waals surface area (Å²) in [6.45, 7) is 3.37. The zero-order valence-corrected chi connectivity index (χ0v) is 11.3. The summed E-state index contributed by atoms with van der Waals surface area (Å²) in [6.07, 6.45) is 3.46. The van der Waals surface area contributed by atoms with Gasteiger partial charge in [0, 0.05) is 20.2 Å². The van der Waals surface area contributed by atoms with Crippen molar-refractivity contribution in [1.29, 1.82) is 0 Å². The Kier molecular flexibility index (Phi) is 4.01. The molecule has 19 heavy (non-hydrogen) atoms. The molecule has 1 aliphatic heterocycles. The molecule has 6 nitrogen and oxygen atoms in total. The van der Waals surface area contributed by atoms with Gasteiger partial charge in [0.15, 0.2) is 0 Å². The monoisotopic (exact) mass is 264 g/mol. The average Bonchev–Trinajstić information content (AvgIpc) is 2.46. The number of nitrogen functional groups attached to an aromatic ring is 1. The minimum Gasteiger partial charge on any atom is -0.377 e. The van der Waals surface area contributed by atoms with Gasteiger partial charge < -0.3 is 15.1 Å². The quantitative estimate of drug-likeness (QED) is 0.629. The molecule has 0 saturated carbocycles. The fourth-order valence-corrected chi connectivity index (χ4v) is 2.31. The number of nitrogens with two attached hydrogens (primary N) is 1. The minimum atomic E-state index is -0.257. The van der Waals surface area contributed by atoms with Crippen LogP contribution in [0.1, 0.15) is 30.3 Å². The fraction of sp³-hybridized carbons (Fsp3) is 0.538. The van der Waals surface area contributed by atoms with Gasteiger partial charge in [-0.1, -0.05) is 0 Å². The Bertz CT molecular complexity index is 448. The minimum absolute atomic E-state index is 0.0634. The summed E-state index contributed by atoms with van der Waals surface area (Å²) >= 11 is 0. The van der Waals surface area contributed by atoms with E-state index in [1.807, 2.05) is 6.92 Å². The molecule has 0 aromatic carbocycles. The van der Waals surface area contributed by atoms with Crippen LogP contribution in [0.2, 0.25) is 0 Å². The normalized spacial score (nSPS) is 23.2. The number of hydrogen-bond donors (Lipinski definition) is 2. The Morgan fingerprint density at radius 1 is 1.58 bits per heavy atom. The van der Waals surface area contributed by atoms with Gasteiger partial charge in [0.25, 0.3) is 5.91 Å². The van der Waals surface area contributed by atoms with Gasteiger partial charge in [-0.25, -0.2) is 4.98 Å². The summed E-state index contributed by atoms with van der Waals surface area (Å²) < 4.78 is 5.49. The Hall–Kier alpha value is -1.66. The van der Waals surface area contributed by atoms with Crippen LogP contribution >= 0.6 is 0 Å². The van der Waals surface area contributed by atoms with Crippen LogP contribution in [-0.4, -0.2) is 41.6 Å². The average molecular weight is 264 g/mol. The number of rotatable bonds is 3. The number of nitrogens with zero attached hydrogens (tertiary/aromatic N) is 2. The van der Waals surface area contributed by atoms with Crippen LogP contribution in [0.15, 0.2) is 18.3 Å². The Balaban J connectivity index is 2.10. The summed E-state index contributed by atoms with van der Waals surface area (Å²) in [5.41, 5.74) is 3.34. The van der Waals surface area contributed by atoms with E-state index in [9.17, 15) is 4.79 Å². The van der Waals surface area contributed by atoms with Crippen molar-refractivity contribution in [2.75, 3.05) is 25.6 Å². The number of ether oxygens (including phenoxy) is 1. The maximum absolute atomic E-state index is 12.4. The third kappa shape index (κ3) is 3.02. The van der Waals surface area contributed by atoms with E-state index < -0.39 is 0 Å². The van der Waals surface area contributed by atoms with Crippen molar-refractivity contribution in [3.8, 4) is 0 Å². The van der Waals surface area contributed by atoms with Crippen LogP contribution in [-0.2, 0) is 4.74 Å². The van der Waals surface area contributed by atoms with Crippen molar-refractivity contribution in [2.24, 2.45) is 5.84 Å². The number of hydrazine groups is 1. The van der Waals surface area contributed by atoms with Gasteiger partial charge >= 0.3 is 0 Å². The number of anilines is 1. The molecule has 1 unspecified atom stereocenters. The summed E-state index contributed by atoms with van der Waals surface area (Å²) in [4.78, 5) is 18.3. The highest BCUT2D eigenvalue weighted by Crippen LogP contribution is 2.24. The van der Waals surface area contributed by atoms with Crippen LogP contribution in [0, 0.1) is 0 Å². The van der Waals surface area contributed by atoms with Crippen LogP contribution in [0.3, 0.4) is 0 Å². The maximum Gasteiger partial charge on any atom is 0.272 e. The van der Waals surface area contributed by atoms with E-state index >= 15 is 0 Å². The molecule has 104 valence electrons. The molecule has 0 spiro atoms. The van der Waals surface area contributed by atoms with Crippen molar-refractivity contribution >= 4 is 11.6 Å². The highest BCUT2D eigenvalue weighted by molar-refractivity contribution is 5.92. The Morgan fingerprint density at radius 3 is 2.95 bits per heavy atom. The number of carbonyl (C=O) groups is 1. The molecular weight excluding hydrogens is 244 g/mol. The van der Waals surface area contributed by atoms with Crippen molar-refractivity contribution in [3.05, 3.63) is 24.0 Å².